The number of hydrogen-bond acceptors (Lipinski definition) is 1. The van der Waals surface area contributed by atoms with Crippen LogP contribution in [0.2, 0.25) is 0 Å². The van der Waals surface area contributed by atoms with Crippen molar-refractivity contribution >= 4 is 5.91 Å². The van der Waals surface area contributed by atoms with Gasteiger partial charge in [-0.05, 0) is 68.4 Å². The molecule has 0 aromatic heterocycles. The first-order valence-electron chi connectivity index (χ1n) is 8.66. The fraction of sp³-hybridized carbons (Fsp3) is 0.550. The fourth-order valence-corrected chi connectivity index (χ4v) is 5.40. The van der Waals surface area contributed by atoms with Crippen molar-refractivity contribution < 1.29 is 9.18 Å². The van der Waals surface area contributed by atoms with E-state index in [0.29, 0.717) is 12.1 Å². The smallest absolute Gasteiger partial charge is 0.226 e. The van der Waals surface area contributed by atoms with E-state index in [1.807, 2.05) is 0 Å². The van der Waals surface area contributed by atoms with E-state index in [2.05, 4.69) is 17.2 Å². The molecule has 3 heteroatoms. The minimum Gasteiger partial charge on any atom is -0.345 e. The first-order chi connectivity index (χ1) is 11.1. The minimum absolute atomic E-state index is 0.131. The number of carbonyl (C=O) groups is 1. The summed E-state index contributed by atoms with van der Waals surface area (Å²) < 4.78 is 13.5. The molecule has 1 N–H and O–H groups in total. The maximum Gasteiger partial charge on any atom is 0.226 e. The number of nitrogens with one attached hydrogen (secondary N) is 1. The molecule has 4 fully saturated rings. The Balaban J connectivity index is 1.39. The van der Waals surface area contributed by atoms with Gasteiger partial charge in [-0.2, -0.15) is 0 Å². The van der Waals surface area contributed by atoms with Crippen LogP contribution in [0.25, 0.3) is 0 Å². The summed E-state index contributed by atoms with van der Waals surface area (Å²) in [5.74, 6) is 7.84. The number of rotatable bonds is 2. The Kier molecular flexibility index (Phi) is 3.64. The third-order valence-electron chi connectivity index (χ3n) is 5.95. The average molecular weight is 311 g/mol. The molecule has 4 saturated carbocycles. The molecule has 0 aliphatic heterocycles. The summed E-state index contributed by atoms with van der Waals surface area (Å²) in [5.41, 5.74) is 0.255. The molecule has 4 bridgehead atoms. The lowest BCUT2D eigenvalue weighted by molar-refractivity contribution is -0.145. The number of hydrogen-bond donors (Lipinski definition) is 1. The third kappa shape index (κ3) is 2.76. The monoisotopic (exact) mass is 311 g/mol. The molecule has 120 valence electrons. The van der Waals surface area contributed by atoms with Gasteiger partial charge in [0.1, 0.15) is 5.82 Å². The van der Waals surface area contributed by atoms with Crippen LogP contribution >= 0.6 is 0 Å². The Hall–Kier alpha value is -1.82. The molecule has 2 nitrogen and oxygen atoms in total. The van der Waals surface area contributed by atoms with Crippen molar-refractivity contribution in [2.45, 2.75) is 38.5 Å². The van der Waals surface area contributed by atoms with Crippen molar-refractivity contribution in [2.24, 2.45) is 23.2 Å². The molecule has 0 atom stereocenters. The first kappa shape index (κ1) is 14.8. The molecule has 0 saturated heterocycles. The van der Waals surface area contributed by atoms with Crippen molar-refractivity contribution in [3.8, 4) is 11.8 Å². The van der Waals surface area contributed by atoms with Gasteiger partial charge in [0, 0.05) is 5.41 Å². The summed E-state index contributed by atoms with van der Waals surface area (Å²) in [4.78, 5) is 12.7. The Morgan fingerprint density at radius 2 is 1.74 bits per heavy atom. The van der Waals surface area contributed by atoms with Crippen LogP contribution in [0.5, 0.6) is 0 Å². The summed E-state index contributed by atoms with van der Waals surface area (Å²) in [7, 11) is 0. The lowest BCUT2D eigenvalue weighted by Crippen LogP contribution is -2.53. The molecular formula is C20H22FNO. The van der Waals surface area contributed by atoms with E-state index in [1.165, 1.54) is 25.3 Å². The lowest BCUT2D eigenvalue weighted by Gasteiger charge is -2.55. The first-order valence-corrected chi connectivity index (χ1v) is 8.66. The molecule has 1 aromatic rings. The second-order valence-corrected chi connectivity index (χ2v) is 7.66. The minimum atomic E-state index is -0.313. The molecule has 1 amide bonds. The van der Waals surface area contributed by atoms with Crippen LogP contribution in [0.4, 0.5) is 4.39 Å². The molecule has 1 aromatic carbocycles. The number of benzene rings is 1. The molecule has 0 spiro atoms. The summed E-state index contributed by atoms with van der Waals surface area (Å²) in [6.07, 6.45) is 7.18. The van der Waals surface area contributed by atoms with Gasteiger partial charge < -0.3 is 5.32 Å². The molecule has 4 aliphatic carbocycles. The Labute approximate surface area is 136 Å². The average Bonchev–Trinajstić information content (AvgIpc) is 2.51. The van der Waals surface area contributed by atoms with E-state index >= 15 is 0 Å². The van der Waals surface area contributed by atoms with E-state index in [-0.39, 0.29) is 17.1 Å². The number of halogens is 1. The largest absolute Gasteiger partial charge is 0.345 e. The maximum absolute atomic E-state index is 13.5. The molecule has 4 aliphatic rings. The quantitative estimate of drug-likeness (QED) is 0.832. The van der Waals surface area contributed by atoms with Gasteiger partial charge in [0.2, 0.25) is 5.91 Å². The summed E-state index contributed by atoms with van der Waals surface area (Å²) >= 11 is 0. The molecule has 0 heterocycles. The zero-order valence-corrected chi connectivity index (χ0v) is 13.3. The highest BCUT2D eigenvalue weighted by Gasteiger charge is 2.54. The van der Waals surface area contributed by atoms with E-state index in [4.69, 9.17) is 0 Å². The Bertz CT molecular complexity index is 649. The summed E-state index contributed by atoms with van der Waals surface area (Å²) in [5, 5.41) is 2.99. The highest BCUT2D eigenvalue weighted by Crippen LogP contribution is 2.60. The highest BCUT2D eigenvalue weighted by molar-refractivity contribution is 5.83. The van der Waals surface area contributed by atoms with Crippen LogP contribution in [-0.2, 0) is 4.79 Å². The topological polar surface area (TPSA) is 29.1 Å². The maximum atomic E-state index is 13.5. The molecule has 23 heavy (non-hydrogen) atoms. The van der Waals surface area contributed by atoms with Gasteiger partial charge in [0.15, 0.2) is 0 Å². The second-order valence-electron chi connectivity index (χ2n) is 7.66. The Morgan fingerprint density at radius 1 is 1.13 bits per heavy atom. The van der Waals surface area contributed by atoms with Crippen molar-refractivity contribution in [1.29, 1.82) is 0 Å². The van der Waals surface area contributed by atoms with Crippen molar-refractivity contribution in [1.82, 2.24) is 5.32 Å². The predicted molar refractivity (Wildman–Crippen MR) is 86.9 cm³/mol. The fourth-order valence-electron chi connectivity index (χ4n) is 5.40. The number of carbonyl (C=O) groups excluding carboxylic acids is 1. The van der Waals surface area contributed by atoms with Gasteiger partial charge >= 0.3 is 0 Å². The van der Waals surface area contributed by atoms with E-state index in [0.717, 1.165) is 37.0 Å². The molecule has 0 radical (unpaired) electrons. The molecular weight excluding hydrogens is 289 g/mol. The van der Waals surface area contributed by atoms with Gasteiger partial charge in [-0.15, -0.1) is 0 Å². The SMILES string of the molecule is O=C(NCC#Cc1ccccc1F)C12CC3CC(CC(C3)C1)C2. The molecule has 5 rings (SSSR count). The van der Waals surface area contributed by atoms with Crippen LogP contribution in [0.3, 0.4) is 0 Å². The highest BCUT2D eigenvalue weighted by atomic mass is 19.1. The van der Waals surface area contributed by atoms with Gasteiger partial charge in [-0.1, -0.05) is 24.0 Å². The Morgan fingerprint density at radius 3 is 2.35 bits per heavy atom. The van der Waals surface area contributed by atoms with Crippen LogP contribution in [-0.4, -0.2) is 12.5 Å². The van der Waals surface area contributed by atoms with E-state index in [1.54, 1.807) is 18.2 Å². The van der Waals surface area contributed by atoms with Crippen LogP contribution in [0.1, 0.15) is 44.1 Å². The van der Waals surface area contributed by atoms with Gasteiger partial charge in [0.25, 0.3) is 0 Å². The van der Waals surface area contributed by atoms with Crippen molar-refractivity contribution in [2.75, 3.05) is 6.54 Å². The normalized spacial score (nSPS) is 33.9. The lowest BCUT2D eigenvalue weighted by atomic mass is 9.49. The van der Waals surface area contributed by atoms with Crippen molar-refractivity contribution in [3.63, 3.8) is 0 Å². The predicted octanol–water partition coefficient (Wildman–Crippen LogP) is 3.51. The van der Waals surface area contributed by atoms with Gasteiger partial charge in [-0.3, -0.25) is 4.79 Å². The third-order valence-corrected chi connectivity index (χ3v) is 5.95. The second kappa shape index (κ2) is 5.67. The van der Waals surface area contributed by atoms with Crippen LogP contribution < -0.4 is 5.32 Å². The zero-order valence-electron chi connectivity index (χ0n) is 13.3. The van der Waals surface area contributed by atoms with Gasteiger partial charge in [0.05, 0.1) is 12.1 Å². The number of amides is 1. The van der Waals surface area contributed by atoms with Crippen molar-refractivity contribution in [3.05, 3.63) is 35.6 Å². The molecule has 0 unspecified atom stereocenters. The summed E-state index contributed by atoms with van der Waals surface area (Å²) in [6.45, 7) is 0.301. The van der Waals surface area contributed by atoms with Crippen LogP contribution in [0, 0.1) is 40.8 Å². The summed E-state index contributed by atoms with van der Waals surface area (Å²) in [6, 6.07) is 6.47. The standard InChI is InChI=1S/C20H22FNO/c21-18-6-2-1-4-17(18)5-3-7-22-19(23)20-11-14-8-15(12-20)10-16(9-14)13-20/h1-2,4,6,14-16H,7-13H2,(H,22,23). The van der Waals surface area contributed by atoms with Gasteiger partial charge in [-0.25, -0.2) is 4.39 Å². The van der Waals surface area contributed by atoms with Crippen LogP contribution in [0.15, 0.2) is 24.3 Å². The van der Waals surface area contributed by atoms with E-state index < -0.39 is 0 Å². The van der Waals surface area contributed by atoms with E-state index in [9.17, 15) is 9.18 Å². The zero-order chi connectivity index (χ0) is 15.9.